The Balaban J connectivity index is 2.81. The van der Waals surface area contributed by atoms with Crippen LogP contribution in [0.1, 0.15) is 33.3 Å². The van der Waals surface area contributed by atoms with E-state index < -0.39 is 0 Å². The molecule has 94 valence electrons. The Morgan fingerprint density at radius 3 is 2.24 bits per heavy atom. The number of nitrogens with one attached hydrogen (secondary N) is 1. The van der Waals surface area contributed by atoms with E-state index in [0.717, 1.165) is 12.1 Å². The molecule has 0 heterocycles. The summed E-state index contributed by atoms with van der Waals surface area (Å²) in [6.45, 7) is 9.32. The van der Waals surface area contributed by atoms with Crippen molar-refractivity contribution in [2.24, 2.45) is 0 Å². The summed E-state index contributed by atoms with van der Waals surface area (Å²) in [6, 6.07) is 5.55. The lowest BCUT2D eigenvalue weighted by Crippen LogP contribution is -2.36. The molecule has 0 saturated carbocycles. The highest BCUT2D eigenvalue weighted by Gasteiger charge is 2.08. The van der Waals surface area contributed by atoms with Gasteiger partial charge in [-0.05, 0) is 39.8 Å². The standard InChI is InChI=1S/C14H19Cl2N/c1-10(9-17-14(2,3)4)8-11-12(15)6-5-7-13(11)16/h5-8,17H,9H2,1-4H3. The first-order valence-electron chi connectivity index (χ1n) is 5.66. The fraction of sp³-hybridized carbons (Fsp3) is 0.429. The molecule has 0 amide bonds. The Bertz CT molecular complexity index is 396. The summed E-state index contributed by atoms with van der Waals surface area (Å²) in [4.78, 5) is 0. The smallest absolute Gasteiger partial charge is 0.0493 e. The molecule has 0 unspecified atom stereocenters. The summed E-state index contributed by atoms with van der Waals surface area (Å²) < 4.78 is 0. The van der Waals surface area contributed by atoms with Gasteiger partial charge in [0.25, 0.3) is 0 Å². The van der Waals surface area contributed by atoms with Crippen LogP contribution in [0.15, 0.2) is 23.8 Å². The second-order valence-electron chi connectivity index (χ2n) is 5.23. The average molecular weight is 272 g/mol. The molecule has 0 aliphatic heterocycles. The highest BCUT2D eigenvalue weighted by molar-refractivity contribution is 6.37. The Morgan fingerprint density at radius 2 is 1.76 bits per heavy atom. The molecule has 0 spiro atoms. The Kier molecular flexibility index (Phi) is 5.05. The van der Waals surface area contributed by atoms with E-state index in [9.17, 15) is 0 Å². The number of rotatable bonds is 3. The molecule has 0 atom stereocenters. The van der Waals surface area contributed by atoms with Gasteiger partial charge in [0.15, 0.2) is 0 Å². The van der Waals surface area contributed by atoms with Crippen LogP contribution in [0.4, 0.5) is 0 Å². The van der Waals surface area contributed by atoms with Crippen LogP contribution in [0.5, 0.6) is 0 Å². The van der Waals surface area contributed by atoms with Gasteiger partial charge in [0.1, 0.15) is 0 Å². The van der Waals surface area contributed by atoms with E-state index >= 15 is 0 Å². The van der Waals surface area contributed by atoms with Gasteiger partial charge >= 0.3 is 0 Å². The normalized spacial score (nSPS) is 12.9. The molecule has 0 radical (unpaired) electrons. The number of halogens is 2. The van der Waals surface area contributed by atoms with Gasteiger partial charge in [-0.25, -0.2) is 0 Å². The lowest BCUT2D eigenvalue weighted by molar-refractivity contribution is 0.445. The molecular weight excluding hydrogens is 253 g/mol. The largest absolute Gasteiger partial charge is 0.308 e. The molecule has 0 aliphatic carbocycles. The van der Waals surface area contributed by atoms with E-state index in [0.29, 0.717) is 10.0 Å². The van der Waals surface area contributed by atoms with Gasteiger partial charge in [-0.2, -0.15) is 0 Å². The molecule has 3 heteroatoms. The quantitative estimate of drug-likeness (QED) is 0.834. The van der Waals surface area contributed by atoms with Crippen molar-refractivity contribution in [3.63, 3.8) is 0 Å². The van der Waals surface area contributed by atoms with Crippen molar-refractivity contribution in [3.05, 3.63) is 39.4 Å². The van der Waals surface area contributed by atoms with Gasteiger partial charge in [0.05, 0.1) is 0 Å². The first-order valence-corrected chi connectivity index (χ1v) is 6.41. The Labute approximate surface area is 114 Å². The minimum absolute atomic E-state index is 0.110. The summed E-state index contributed by atoms with van der Waals surface area (Å²) in [5.41, 5.74) is 2.21. The van der Waals surface area contributed by atoms with E-state index in [2.05, 4.69) is 33.0 Å². The zero-order chi connectivity index (χ0) is 13.1. The van der Waals surface area contributed by atoms with Crippen molar-refractivity contribution < 1.29 is 0 Å². The molecular formula is C14H19Cl2N. The van der Waals surface area contributed by atoms with Crippen molar-refractivity contribution in [1.29, 1.82) is 0 Å². The molecule has 0 bridgehead atoms. The molecule has 0 saturated heterocycles. The SMILES string of the molecule is CC(=Cc1c(Cl)cccc1Cl)CNC(C)(C)C. The van der Waals surface area contributed by atoms with Crippen LogP contribution in [0.25, 0.3) is 6.08 Å². The van der Waals surface area contributed by atoms with Gasteiger partial charge < -0.3 is 5.32 Å². The third-order valence-corrected chi connectivity index (χ3v) is 2.95. The minimum atomic E-state index is 0.110. The van der Waals surface area contributed by atoms with E-state index in [-0.39, 0.29) is 5.54 Å². The van der Waals surface area contributed by atoms with Crippen LogP contribution >= 0.6 is 23.2 Å². The molecule has 0 aliphatic rings. The zero-order valence-corrected chi connectivity index (χ0v) is 12.3. The maximum atomic E-state index is 6.11. The van der Waals surface area contributed by atoms with E-state index in [1.165, 1.54) is 5.57 Å². The van der Waals surface area contributed by atoms with E-state index in [4.69, 9.17) is 23.2 Å². The fourth-order valence-corrected chi connectivity index (χ4v) is 1.86. The first kappa shape index (κ1) is 14.6. The zero-order valence-electron chi connectivity index (χ0n) is 10.8. The average Bonchev–Trinajstić information content (AvgIpc) is 2.20. The summed E-state index contributed by atoms with van der Waals surface area (Å²) in [5, 5.41) is 4.80. The molecule has 1 nitrogen and oxygen atoms in total. The fourth-order valence-electron chi connectivity index (χ4n) is 1.35. The molecule has 0 fully saturated rings. The summed E-state index contributed by atoms with van der Waals surface area (Å²) in [5.74, 6) is 0. The van der Waals surface area contributed by atoms with Crippen molar-refractivity contribution in [2.75, 3.05) is 6.54 Å². The van der Waals surface area contributed by atoms with Crippen molar-refractivity contribution >= 4 is 29.3 Å². The second kappa shape index (κ2) is 5.90. The molecule has 1 aromatic rings. The highest BCUT2D eigenvalue weighted by Crippen LogP contribution is 2.26. The molecule has 1 rings (SSSR count). The lowest BCUT2D eigenvalue weighted by Gasteiger charge is -2.20. The monoisotopic (exact) mass is 271 g/mol. The lowest BCUT2D eigenvalue weighted by atomic mass is 10.1. The predicted octanol–water partition coefficient (Wildman–Crippen LogP) is 4.78. The van der Waals surface area contributed by atoms with Gasteiger partial charge in [0, 0.05) is 27.7 Å². The highest BCUT2D eigenvalue weighted by atomic mass is 35.5. The maximum Gasteiger partial charge on any atom is 0.0493 e. The van der Waals surface area contributed by atoms with Crippen LogP contribution in [-0.4, -0.2) is 12.1 Å². The predicted molar refractivity (Wildman–Crippen MR) is 77.9 cm³/mol. The Hall–Kier alpha value is -0.500. The maximum absolute atomic E-state index is 6.11. The van der Waals surface area contributed by atoms with Gasteiger partial charge in [-0.15, -0.1) is 0 Å². The summed E-state index contributed by atoms with van der Waals surface area (Å²) in [7, 11) is 0. The van der Waals surface area contributed by atoms with Gasteiger partial charge in [-0.3, -0.25) is 0 Å². The van der Waals surface area contributed by atoms with Crippen LogP contribution in [0, 0.1) is 0 Å². The number of benzene rings is 1. The number of hydrogen-bond acceptors (Lipinski definition) is 1. The van der Waals surface area contributed by atoms with Crippen molar-refractivity contribution in [2.45, 2.75) is 33.2 Å². The van der Waals surface area contributed by atoms with Gasteiger partial charge in [-0.1, -0.05) is 40.9 Å². The molecule has 0 aromatic heterocycles. The molecule has 1 aromatic carbocycles. The van der Waals surface area contributed by atoms with E-state index in [1.54, 1.807) is 0 Å². The molecule has 17 heavy (non-hydrogen) atoms. The third-order valence-electron chi connectivity index (χ3n) is 2.29. The van der Waals surface area contributed by atoms with Gasteiger partial charge in [0.2, 0.25) is 0 Å². The van der Waals surface area contributed by atoms with Crippen molar-refractivity contribution in [1.82, 2.24) is 5.32 Å². The second-order valence-corrected chi connectivity index (χ2v) is 6.04. The minimum Gasteiger partial charge on any atom is -0.308 e. The topological polar surface area (TPSA) is 12.0 Å². The van der Waals surface area contributed by atoms with Crippen LogP contribution in [0.3, 0.4) is 0 Å². The third kappa shape index (κ3) is 5.12. The van der Waals surface area contributed by atoms with Crippen molar-refractivity contribution in [3.8, 4) is 0 Å². The van der Waals surface area contributed by atoms with E-state index in [1.807, 2.05) is 24.3 Å². The first-order chi connectivity index (χ1) is 7.79. The summed E-state index contributed by atoms with van der Waals surface area (Å²) >= 11 is 12.2. The number of hydrogen-bond donors (Lipinski definition) is 1. The summed E-state index contributed by atoms with van der Waals surface area (Å²) in [6.07, 6.45) is 2.03. The van der Waals surface area contributed by atoms with Crippen LogP contribution in [0.2, 0.25) is 10.0 Å². The van der Waals surface area contributed by atoms with Crippen LogP contribution in [-0.2, 0) is 0 Å². The van der Waals surface area contributed by atoms with Crippen LogP contribution < -0.4 is 5.32 Å². The Morgan fingerprint density at radius 1 is 1.24 bits per heavy atom. The molecule has 1 N–H and O–H groups in total.